The number of piperidine rings is 1. The van der Waals surface area contributed by atoms with Crippen molar-refractivity contribution < 1.29 is 14.1 Å². The Morgan fingerprint density at radius 3 is 2.65 bits per heavy atom. The Balaban J connectivity index is 1.51. The van der Waals surface area contributed by atoms with Gasteiger partial charge in [0.05, 0.1) is 0 Å². The summed E-state index contributed by atoms with van der Waals surface area (Å²) < 4.78 is 5.22. The minimum absolute atomic E-state index is 0.0450. The summed E-state index contributed by atoms with van der Waals surface area (Å²) in [5.74, 6) is 1.72. The maximum atomic E-state index is 12.5. The Morgan fingerprint density at radius 2 is 2.09 bits per heavy atom. The lowest BCUT2D eigenvalue weighted by atomic mass is 9.96. The maximum Gasteiger partial charge on any atom is 0.276 e. The van der Waals surface area contributed by atoms with Gasteiger partial charge in [0.2, 0.25) is 5.91 Å². The fourth-order valence-electron chi connectivity index (χ4n) is 3.35. The van der Waals surface area contributed by atoms with Gasteiger partial charge >= 0.3 is 0 Å². The molecule has 0 N–H and O–H groups in total. The van der Waals surface area contributed by atoms with Gasteiger partial charge in [-0.25, -0.2) is 0 Å². The molecule has 0 bridgehead atoms. The minimum Gasteiger partial charge on any atom is -0.360 e. The smallest absolute Gasteiger partial charge is 0.276 e. The number of nitrogens with zero attached hydrogens (tertiary/aromatic N) is 3. The van der Waals surface area contributed by atoms with Crippen molar-refractivity contribution in [3.63, 3.8) is 0 Å². The van der Waals surface area contributed by atoms with Crippen molar-refractivity contribution in [1.82, 2.24) is 15.0 Å². The number of carbonyl (C=O) groups is 2. The van der Waals surface area contributed by atoms with Crippen LogP contribution in [0.15, 0.2) is 10.6 Å². The fourth-order valence-corrected chi connectivity index (χ4v) is 3.35. The van der Waals surface area contributed by atoms with Gasteiger partial charge in [0.25, 0.3) is 5.91 Å². The van der Waals surface area contributed by atoms with Gasteiger partial charge in [0, 0.05) is 44.6 Å². The molecule has 6 heteroatoms. The molecule has 0 spiro atoms. The van der Waals surface area contributed by atoms with Crippen molar-refractivity contribution in [3.8, 4) is 0 Å². The number of hydrogen-bond donors (Lipinski definition) is 0. The lowest BCUT2D eigenvalue weighted by molar-refractivity contribution is -0.128. The Bertz CT molecular complexity index is 573. The van der Waals surface area contributed by atoms with Crippen molar-refractivity contribution in [3.05, 3.63) is 17.5 Å². The molecular formula is C17H25N3O3. The molecule has 0 aromatic carbocycles. The van der Waals surface area contributed by atoms with Crippen molar-refractivity contribution in [2.75, 3.05) is 26.2 Å². The minimum atomic E-state index is -0.0450. The summed E-state index contributed by atoms with van der Waals surface area (Å²) in [6, 6.07) is 1.75. The lowest BCUT2D eigenvalue weighted by Crippen LogP contribution is -2.42. The molecule has 3 heterocycles. The normalized spacial score (nSPS) is 19.9. The maximum absolute atomic E-state index is 12.5. The van der Waals surface area contributed by atoms with Gasteiger partial charge in [-0.15, -0.1) is 0 Å². The third-order valence-corrected chi connectivity index (χ3v) is 4.87. The zero-order valence-electron chi connectivity index (χ0n) is 14.0. The third-order valence-electron chi connectivity index (χ3n) is 4.87. The third kappa shape index (κ3) is 3.57. The van der Waals surface area contributed by atoms with Crippen LogP contribution < -0.4 is 0 Å². The molecule has 0 saturated carbocycles. The second kappa shape index (κ2) is 6.72. The molecule has 2 saturated heterocycles. The SMILES string of the molecule is CC(C)c1cc(C(=O)N2CCC(CN3CCCC3=O)CC2)no1. The first-order chi connectivity index (χ1) is 11.0. The van der Waals surface area contributed by atoms with E-state index < -0.39 is 0 Å². The summed E-state index contributed by atoms with van der Waals surface area (Å²) in [5, 5.41) is 3.91. The van der Waals surface area contributed by atoms with Crippen LogP contribution in [0.3, 0.4) is 0 Å². The number of aromatic nitrogens is 1. The summed E-state index contributed by atoms with van der Waals surface area (Å²) in [6.45, 7) is 7.24. The first-order valence-corrected chi connectivity index (χ1v) is 8.58. The molecule has 1 aromatic heterocycles. The van der Waals surface area contributed by atoms with Gasteiger partial charge in [0.1, 0.15) is 5.76 Å². The molecule has 3 rings (SSSR count). The van der Waals surface area contributed by atoms with Crippen LogP contribution in [0.4, 0.5) is 0 Å². The van der Waals surface area contributed by atoms with E-state index in [0.717, 1.165) is 51.2 Å². The van der Waals surface area contributed by atoms with E-state index in [0.29, 0.717) is 18.0 Å². The van der Waals surface area contributed by atoms with Crippen molar-refractivity contribution in [2.24, 2.45) is 5.92 Å². The van der Waals surface area contributed by atoms with Crippen LogP contribution >= 0.6 is 0 Å². The zero-order chi connectivity index (χ0) is 16.4. The van der Waals surface area contributed by atoms with Crippen LogP contribution in [0, 0.1) is 5.92 Å². The Labute approximate surface area is 136 Å². The molecule has 23 heavy (non-hydrogen) atoms. The van der Waals surface area contributed by atoms with E-state index in [4.69, 9.17) is 4.52 Å². The molecule has 126 valence electrons. The molecule has 2 aliphatic heterocycles. The summed E-state index contributed by atoms with van der Waals surface area (Å²) in [7, 11) is 0. The van der Waals surface area contributed by atoms with Crippen LogP contribution in [0.1, 0.15) is 61.7 Å². The molecule has 0 unspecified atom stereocenters. The quantitative estimate of drug-likeness (QED) is 0.854. The zero-order valence-corrected chi connectivity index (χ0v) is 14.0. The van der Waals surface area contributed by atoms with E-state index in [1.807, 2.05) is 23.6 Å². The van der Waals surface area contributed by atoms with E-state index in [1.165, 1.54) is 0 Å². The van der Waals surface area contributed by atoms with Crippen LogP contribution in [0.5, 0.6) is 0 Å². The fraction of sp³-hybridized carbons (Fsp3) is 0.706. The molecule has 2 fully saturated rings. The van der Waals surface area contributed by atoms with Crippen LogP contribution in [-0.2, 0) is 4.79 Å². The van der Waals surface area contributed by atoms with E-state index in [-0.39, 0.29) is 17.7 Å². The summed E-state index contributed by atoms with van der Waals surface area (Å²) in [4.78, 5) is 28.0. The molecule has 0 radical (unpaired) electrons. The Morgan fingerprint density at radius 1 is 1.35 bits per heavy atom. The predicted molar refractivity (Wildman–Crippen MR) is 85.0 cm³/mol. The van der Waals surface area contributed by atoms with Crippen LogP contribution in [0.2, 0.25) is 0 Å². The van der Waals surface area contributed by atoms with E-state index in [1.54, 1.807) is 6.07 Å². The Hall–Kier alpha value is -1.85. The molecule has 2 aliphatic rings. The molecule has 6 nitrogen and oxygen atoms in total. The van der Waals surface area contributed by atoms with Gasteiger partial charge in [-0.3, -0.25) is 9.59 Å². The second-order valence-electron chi connectivity index (χ2n) is 6.95. The molecule has 2 amide bonds. The number of amides is 2. The van der Waals surface area contributed by atoms with Crippen molar-refractivity contribution >= 4 is 11.8 Å². The van der Waals surface area contributed by atoms with E-state index in [2.05, 4.69) is 5.16 Å². The summed E-state index contributed by atoms with van der Waals surface area (Å²) in [6.07, 6.45) is 3.58. The van der Waals surface area contributed by atoms with Gasteiger partial charge in [-0.2, -0.15) is 0 Å². The van der Waals surface area contributed by atoms with Gasteiger partial charge < -0.3 is 14.3 Å². The van der Waals surface area contributed by atoms with E-state index in [9.17, 15) is 9.59 Å². The lowest BCUT2D eigenvalue weighted by Gasteiger charge is -2.33. The van der Waals surface area contributed by atoms with Crippen LogP contribution in [-0.4, -0.2) is 52.9 Å². The van der Waals surface area contributed by atoms with Gasteiger partial charge in [-0.1, -0.05) is 19.0 Å². The topological polar surface area (TPSA) is 66.7 Å². The average Bonchev–Trinajstić information content (AvgIpc) is 3.17. The molecule has 1 aromatic rings. The molecule has 0 atom stereocenters. The van der Waals surface area contributed by atoms with Crippen LogP contribution in [0.25, 0.3) is 0 Å². The highest BCUT2D eigenvalue weighted by Crippen LogP contribution is 2.23. The monoisotopic (exact) mass is 319 g/mol. The number of carbonyl (C=O) groups excluding carboxylic acids is 2. The number of hydrogen-bond acceptors (Lipinski definition) is 4. The second-order valence-corrected chi connectivity index (χ2v) is 6.95. The molecular weight excluding hydrogens is 294 g/mol. The first-order valence-electron chi connectivity index (χ1n) is 8.58. The number of likely N-dealkylation sites (tertiary alicyclic amines) is 2. The first kappa shape index (κ1) is 16.0. The highest BCUT2D eigenvalue weighted by atomic mass is 16.5. The van der Waals surface area contributed by atoms with E-state index >= 15 is 0 Å². The van der Waals surface area contributed by atoms with Crippen molar-refractivity contribution in [2.45, 2.75) is 45.4 Å². The highest BCUT2D eigenvalue weighted by molar-refractivity contribution is 5.92. The predicted octanol–water partition coefficient (Wildman–Crippen LogP) is 2.27. The summed E-state index contributed by atoms with van der Waals surface area (Å²) in [5.41, 5.74) is 0.405. The Kier molecular flexibility index (Phi) is 4.68. The number of rotatable bonds is 4. The standard InChI is InChI=1S/C17H25N3O3/c1-12(2)15-10-14(18-23-15)17(22)19-8-5-13(6-9-19)11-20-7-3-4-16(20)21/h10,12-13H,3-9,11H2,1-2H3. The summed E-state index contributed by atoms with van der Waals surface area (Å²) >= 11 is 0. The van der Waals surface area contributed by atoms with Crippen molar-refractivity contribution in [1.29, 1.82) is 0 Å². The largest absolute Gasteiger partial charge is 0.360 e. The van der Waals surface area contributed by atoms with Gasteiger partial charge in [0.15, 0.2) is 5.69 Å². The molecule has 0 aliphatic carbocycles. The highest BCUT2D eigenvalue weighted by Gasteiger charge is 2.29. The van der Waals surface area contributed by atoms with Gasteiger partial charge in [-0.05, 0) is 25.2 Å². The average molecular weight is 319 g/mol.